The monoisotopic (exact) mass is 191 g/mol. The van der Waals surface area contributed by atoms with E-state index in [9.17, 15) is 0 Å². The maximum atomic E-state index is 4.29. The number of nitrogens with one attached hydrogen (secondary N) is 1. The van der Waals surface area contributed by atoms with E-state index in [1.54, 1.807) is 4.52 Å². The molecule has 0 atom stereocenters. The zero-order valence-corrected chi connectivity index (χ0v) is 8.36. The largest absolute Gasteiger partial charge is 0.316 e. The summed E-state index contributed by atoms with van der Waals surface area (Å²) in [6, 6.07) is 0. The highest BCUT2D eigenvalue weighted by Gasteiger charge is 2.02. The first-order valence-electron chi connectivity index (χ1n) is 4.68. The van der Waals surface area contributed by atoms with Crippen molar-refractivity contribution in [3.63, 3.8) is 0 Å². The number of aryl methyl sites for hydroxylation is 1. The van der Waals surface area contributed by atoms with Gasteiger partial charge in [0.15, 0.2) is 5.82 Å². The van der Waals surface area contributed by atoms with E-state index >= 15 is 0 Å². The molecule has 0 amide bonds. The summed E-state index contributed by atoms with van der Waals surface area (Å²) in [6.07, 6.45) is 4.61. The minimum atomic E-state index is 0.668. The Hall–Kier alpha value is -1.49. The van der Waals surface area contributed by atoms with Crippen LogP contribution in [0.2, 0.25) is 0 Å². The van der Waals surface area contributed by atoms with Gasteiger partial charge < -0.3 is 5.32 Å². The molecule has 2 heterocycles. The molecule has 2 aromatic heterocycles. The Balaban J connectivity index is 2.43. The highest BCUT2D eigenvalue weighted by atomic mass is 15.3. The fourth-order valence-corrected chi connectivity index (χ4v) is 1.31. The third-order valence-electron chi connectivity index (χ3n) is 1.99. The van der Waals surface area contributed by atoms with Crippen molar-refractivity contribution in [2.24, 2.45) is 0 Å². The number of aromatic nitrogens is 4. The summed E-state index contributed by atoms with van der Waals surface area (Å²) in [5, 5.41) is 7.36. The van der Waals surface area contributed by atoms with E-state index in [1.165, 1.54) is 0 Å². The quantitative estimate of drug-likeness (QED) is 0.763. The van der Waals surface area contributed by atoms with Crippen molar-refractivity contribution in [1.29, 1.82) is 0 Å². The molecule has 0 unspecified atom stereocenters. The molecule has 0 aliphatic heterocycles. The lowest BCUT2D eigenvalue weighted by Gasteiger charge is -1.98. The van der Waals surface area contributed by atoms with Crippen LogP contribution in [0.5, 0.6) is 0 Å². The van der Waals surface area contributed by atoms with Gasteiger partial charge in [-0.3, -0.25) is 0 Å². The second kappa shape index (κ2) is 3.71. The minimum absolute atomic E-state index is 0.668. The molecule has 0 radical (unpaired) electrons. The predicted octanol–water partition coefficient (Wildman–Crippen LogP) is 0.406. The van der Waals surface area contributed by atoms with Crippen LogP contribution in [0.3, 0.4) is 0 Å². The van der Waals surface area contributed by atoms with Crippen LogP contribution in [0, 0.1) is 0 Å². The van der Waals surface area contributed by atoms with Crippen LogP contribution >= 0.6 is 0 Å². The second-order valence-corrected chi connectivity index (χ2v) is 3.12. The van der Waals surface area contributed by atoms with Crippen LogP contribution in [-0.4, -0.2) is 26.6 Å². The fraction of sp³-hybridized carbons (Fsp3) is 0.444. The van der Waals surface area contributed by atoms with Gasteiger partial charge in [-0.2, -0.15) is 4.98 Å². The van der Waals surface area contributed by atoms with Crippen molar-refractivity contribution in [3.05, 3.63) is 23.8 Å². The van der Waals surface area contributed by atoms with Crippen molar-refractivity contribution in [1.82, 2.24) is 24.9 Å². The fourth-order valence-electron chi connectivity index (χ4n) is 1.31. The lowest BCUT2D eigenvalue weighted by molar-refractivity contribution is 0.790. The Morgan fingerprint density at radius 3 is 3.07 bits per heavy atom. The van der Waals surface area contributed by atoms with Crippen molar-refractivity contribution in [2.75, 3.05) is 7.05 Å². The molecule has 0 saturated carbocycles. The Morgan fingerprint density at radius 1 is 1.50 bits per heavy atom. The molecule has 1 N–H and O–H groups in total. The standard InChI is InChI=1S/C9H13N5/c1-3-8-12-9-11-5-7(4-10-2)6-14(9)13-8/h5-6,10H,3-4H2,1-2H3. The number of hydrogen-bond acceptors (Lipinski definition) is 4. The lowest BCUT2D eigenvalue weighted by atomic mass is 10.3. The van der Waals surface area contributed by atoms with Gasteiger partial charge in [0, 0.05) is 30.9 Å². The second-order valence-electron chi connectivity index (χ2n) is 3.12. The van der Waals surface area contributed by atoms with E-state index in [1.807, 2.05) is 26.4 Å². The third kappa shape index (κ3) is 1.58. The average molecular weight is 191 g/mol. The van der Waals surface area contributed by atoms with Gasteiger partial charge >= 0.3 is 0 Å². The summed E-state index contributed by atoms with van der Waals surface area (Å²) in [7, 11) is 1.91. The first-order chi connectivity index (χ1) is 6.83. The van der Waals surface area contributed by atoms with Gasteiger partial charge in [0.1, 0.15) is 0 Å². The molecule has 0 aliphatic rings. The number of nitrogens with zero attached hydrogens (tertiary/aromatic N) is 4. The molecule has 0 aliphatic carbocycles. The molecule has 0 bridgehead atoms. The van der Waals surface area contributed by atoms with E-state index in [4.69, 9.17) is 0 Å². The zero-order chi connectivity index (χ0) is 9.97. The van der Waals surface area contributed by atoms with E-state index in [-0.39, 0.29) is 0 Å². The smallest absolute Gasteiger partial charge is 0.252 e. The summed E-state index contributed by atoms with van der Waals surface area (Å²) >= 11 is 0. The van der Waals surface area contributed by atoms with Crippen molar-refractivity contribution in [2.45, 2.75) is 19.9 Å². The highest BCUT2D eigenvalue weighted by molar-refractivity contribution is 5.27. The molecule has 5 heteroatoms. The molecular weight excluding hydrogens is 178 g/mol. The lowest BCUT2D eigenvalue weighted by Crippen LogP contribution is -2.06. The molecule has 0 aromatic carbocycles. The molecule has 74 valence electrons. The first-order valence-corrected chi connectivity index (χ1v) is 4.68. The number of fused-ring (bicyclic) bond motifs is 1. The van der Waals surface area contributed by atoms with Crippen LogP contribution in [-0.2, 0) is 13.0 Å². The van der Waals surface area contributed by atoms with Gasteiger partial charge in [0.25, 0.3) is 5.78 Å². The average Bonchev–Trinajstić information content (AvgIpc) is 2.60. The first kappa shape index (κ1) is 9.08. The summed E-state index contributed by atoms with van der Waals surface area (Å²) < 4.78 is 1.73. The van der Waals surface area contributed by atoms with Crippen LogP contribution in [0.15, 0.2) is 12.4 Å². The zero-order valence-electron chi connectivity index (χ0n) is 8.36. The van der Waals surface area contributed by atoms with E-state index in [0.29, 0.717) is 5.78 Å². The Labute approximate surface area is 82.2 Å². The van der Waals surface area contributed by atoms with Crippen molar-refractivity contribution in [3.8, 4) is 0 Å². The van der Waals surface area contributed by atoms with Gasteiger partial charge in [-0.25, -0.2) is 9.50 Å². The number of rotatable bonds is 3. The van der Waals surface area contributed by atoms with E-state index in [0.717, 1.165) is 24.4 Å². The number of hydrogen-bond donors (Lipinski definition) is 1. The Kier molecular flexibility index (Phi) is 2.41. The Morgan fingerprint density at radius 2 is 2.36 bits per heavy atom. The maximum Gasteiger partial charge on any atom is 0.252 e. The third-order valence-corrected chi connectivity index (χ3v) is 1.99. The summed E-state index contributed by atoms with van der Waals surface area (Å²) in [4.78, 5) is 8.47. The Bertz CT molecular complexity index is 434. The van der Waals surface area contributed by atoms with E-state index < -0.39 is 0 Å². The molecule has 0 spiro atoms. The predicted molar refractivity (Wildman–Crippen MR) is 52.9 cm³/mol. The van der Waals surface area contributed by atoms with Gasteiger partial charge in [-0.1, -0.05) is 6.92 Å². The van der Waals surface area contributed by atoms with Gasteiger partial charge in [-0.15, -0.1) is 5.10 Å². The van der Waals surface area contributed by atoms with Gasteiger partial charge in [-0.05, 0) is 7.05 Å². The van der Waals surface area contributed by atoms with Crippen LogP contribution in [0.25, 0.3) is 5.78 Å². The van der Waals surface area contributed by atoms with Gasteiger partial charge in [0.2, 0.25) is 0 Å². The molecule has 2 aromatic rings. The summed E-state index contributed by atoms with van der Waals surface area (Å²) in [5.74, 6) is 1.50. The normalized spacial score (nSPS) is 11.0. The van der Waals surface area contributed by atoms with Crippen LogP contribution in [0.4, 0.5) is 0 Å². The highest BCUT2D eigenvalue weighted by Crippen LogP contribution is 2.01. The molecular formula is C9H13N5. The molecule has 2 rings (SSSR count). The van der Waals surface area contributed by atoms with Crippen molar-refractivity contribution >= 4 is 5.78 Å². The van der Waals surface area contributed by atoms with Crippen LogP contribution < -0.4 is 5.32 Å². The van der Waals surface area contributed by atoms with Gasteiger partial charge in [0.05, 0.1) is 0 Å². The molecule has 0 saturated heterocycles. The molecule has 14 heavy (non-hydrogen) atoms. The summed E-state index contributed by atoms with van der Waals surface area (Å²) in [6.45, 7) is 2.83. The van der Waals surface area contributed by atoms with Crippen LogP contribution in [0.1, 0.15) is 18.3 Å². The minimum Gasteiger partial charge on any atom is -0.316 e. The SMILES string of the molecule is CCc1nc2ncc(CNC)cn2n1. The molecule has 5 nitrogen and oxygen atoms in total. The maximum absolute atomic E-state index is 4.29. The molecule has 0 fully saturated rings. The summed E-state index contributed by atoms with van der Waals surface area (Å²) in [5.41, 5.74) is 1.10. The topological polar surface area (TPSA) is 55.1 Å². The van der Waals surface area contributed by atoms with E-state index in [2.05, 4.69) is 20.4 Å². The van der Waals surface area contributed by atoms with Crippen molar-refractivity contribution < 1.29 is 0 Å².